The Morgan fingerprint density at radius 1 is 1.30 bits per heavy atom. The third-order valence-corrected chi connectivity index (χ3v) is 6.60. The number of hydrogen-bond donors (Lipinski definition) is 1. The van der Waals surface area contributed by atoms with Gasteiger partial charge >= 0.3 is 0 Å². The number of aromatic nitrogens is 3. The Bertz CT molecular complexity index is 850. The quantitative estimate of drug-likeness (QED) is 0.438. The second-order valence-electron chi connectivity index (χ2n) is 7.55. The summed E-state index contributed by atoms with van der Waals surface area (Å²) < 4.78 is 2.06. The normalized spacial score (nSPS) is 15.7. The van der Waals surface area contributed by atoms with E-state index in [-0.39, 0.29) is 17.7 Å². The van der Waals surface area contributed by atoms with Crippen molar-refractivity contribution in [1.29, 1.82) is 0 Å². The molecule has 0 saturated carbocycles. The van der Waals surface area contributed by atoms with Gasteiger partial charge in [0.05, 0.1) is 11.8 Å². The van der Waals surface area contributed by atoms with Crippen LogP contribution in [-0.4, -0.2) is 51.0 Å². The van der Waals surface area contributed by atoms with Crippen molar-refractivity contribution in [2.45, 2.75) is 50.4 Å². The number of rotatable bonds is 10. The van der Waals surface area contributed by atoms with Crippen molar-refractivity contribution in [1.82, 2.24) is 25.0 Å². The molecule has 2 heterocycles. The van der Waals surface area contributed by atoms with Crippen LogP contribution in [0.4, 0.5) is 0 Å². The lowest BCUT2D eigenvalue weighted by Gasteiger charge is -2.26. The Morgan fingerprint density at radius 2 is 2.07 bits per heavy atom. The second-order valence-corrected chi connectivity index (χ2v) is 8.90. The van der Waals surface area contributed by atoms with Gasteiger partial charge in [-0.3, -0.25) is 4.79 Å². The summed E-state index contributed by atoms with van der Waals surface area (Å²) in [6, 6.07) is 7.40. The van der Waals surface area contributed by atoms with E-state index in [1.165, 1.54) is 44.1 Å². The van der Waals surface area contributed by atoms with Gasteiger partial charge in [0.2, 0.25) is 5.91 Å². The molecule has 1 aliphatic heterocycles. The number of carbonyl (C=O) groups excluding carboxylic acids is 1. The first-order valence-electron chi connectivity index (χ1n) is 10.5. The smallest absolute Gasteiger partial charge is 0.230 e. The summed E-state index contributed by atoms with van der Waals surface area (Å²) in [6.07, 6.45) is 6.60. The summed E-state index contributed by atoms with van der Waals surface area (Å²) in [7, 11) is 0. The van der Waals surface area contributed by atoms with Crippen LogP contribution in [0.1, 0.15) is 43.6 Å². The molecule has 162 valence electrons. The molecule has 1 unspecified atom stereocenters. The van der Waals surface area contributed by atoms with Gasteiger partial charge in [0.25, 0.3) is 0 Å². The SMILES string of the molecule is C=CCn1c(CCN2CCCCC2)nnc1SCC(=O)NC(C)c1ccccc1Cl. The molecule has 8 heteroatoms. The van der Waals surface area contributed by atoms with Gasteiger partial charge in [-0.15, -0.1) is 16.8 Å². The largest absolute Gasteiger partial charge is 0.349 e. The number of benzene rings is 1. The fourth-order valence-corrected chi connectivity index (χ4v) is 4.76. The molecule has 1 saturated heterocycles. The number of thioether (sulfide) groups is 1. The van der Waals surface area contributed by atoms with E-state index in [0.717, 1.165) is 29.5 Å². The number of hydrogen-bond acceptors (Lipinski definition) is 5. The fraction of sp³-hybridized carbons (Fsp3) is 0.500. The van der Waals surface area contributed by atoms with Crippen molar-refractivity contribution in [3.05, 3.63) is 53.3 Å². The van der Waals surface area contributed by atoms with Crippen LogP contribution in [0.15, 0.2) is 42.1 Å². The molecule has 1 aromatic heterocycles. The lowest BCUT2D eigenvalue weighted by molar-refractivity contribution is -0.119. The van der Waals surface area contributed by atoms with E-state index >= 15 is 0 Å². The number of amides is 1. The van der Waals surface area contributed by atoms with Gasteiger partial charge < -0.3 is 14.8 Å². The predicted octanol–water partition coefficient (Wildman–Crippen LogP) is 4.12. The highest BCUT2D eigenvalue weighted by Crippen LogP contribution is 2.23. The summed E-state index contributed by atoms with van der Waals surface area (Å²) in [4.78, 5) is 15.0. The molecule has 1 aromatic carbocycles. The summed E-state index contributed by atoms with van der Waals surface area (Å²) in [5.74, 6) is 1.17. The molecule has 3 rings (SSSR count). The zero-order valence-corrected chi connectivity index (χ0v) is 19.1. The number of halogens is 1. The molecule has 1 N–H and O–H groups in total. The lowest BCUT2D eigenvalue weighted by atomic mass is 10.1. The van der Waals surface area contributed by atoms with Crippen LogP contribution in [0.25, 0.3) is 0 Å². The highest BCUT2D eigenvalue weighted by Gasteiger charge is 2.17. The topological polar surface area (TPSA) is 63.1 Å². The number of nitrogens with one attached hydrogen (secondary N) is 1. The number of nitrogens with zero attached hydrogens (tertiary/aromatic N) is 4. The van der Waals surface area contributed by atoms with Crippen molar-refractivity contribution >= 4 is 29.3 Å². The number of carbonyl (C=O) groups is 1. The minimum Gasteiger partial charge on any atom is -0.349 e. The average molecular weight is 448 g/mol. The van der Waals surface area contributed by atoms with Crippen LogP contribution >= 0.6 is 23.4 Å². The third-order valence-electron chi connectivity index (χ3n) is 5.29. The molecule has 1 fully saturated rings. The number of likely N-dealkylation sites (tertiary alicyclic amines) is 1. The van der Waals surface area contributed by atoms with Crippen LogP contribution in [0, 0.1) is 0 Å². The van der Waals surface area contributed by atoms with Gasteiger partial charge in [-0.25, -0.2) is 0 Å². The van der Waals surface area contributed by atoms with Crippen LogP contribution in [0.5, 0.6) is 0 Å². The first-order chi connectivity index (χ1) is 14.6. The summed E-state index contributed by atoms with van der Waals surface area (Å²) in [6.45, 7) is 9.76. The number of allylic oxidation sites excluding steroid dienone is 1. The van der Waals surface area contributed by atoms with Crippen LogP contribution in [0.2, 0.25) is 5.02 Å². The Hall–Kier alpha value is -1.83. The molecule has 6 nitrogen and oxygen atoms in total. The van der Waals surface area contributed by atoms with Crippen LogP contribution < -0.4 is 5.32 Å². The minimum absolute atomic E-state index is 0.0598. The Morgan fingerprint density at radius 3 is 2.80 bits per heavy atom. The molecule has 1 atom stereocenters. The highest BCUT2D eigenvalue weighted by molar-refractivity contribution is 7.99. The summed E-state index contributed by atoms with van der Waals surface area (Å²) in [5.41, 5.74) is 0.910. The van der Waals surface area contributed by atoms with Crippen molar-refractivity contribution in [2.75, 3.05) is 25.4 Å². The van der Waals surface area contributed by atoms with Crippen molar-refractivity contribution in [3.63, 3.8) is 0 Å². The van der Waals surface area contributed by atoms with E-state index in [2.05, 4.69) is 31.6 Å². The fourth-order valence-electron chi connectivity index (χ4n) is 3.68. The van der Waals surface area contributed by atoms with Gasteiger partial charge in [-0.2, -0.15) is 0 Å². The zero-order valence-electron chi connectivity index (χ0n) is 17.5. The predicted molar refractivity (Wildman–Crippen MR) is 123 cm³/mol. The first kappa shape index (κ1) is 22.8. The second kappa shape index (κ2) is 11.5. The molecule has 30 heavy (non-hydrogen) atoms. The molecular weight excluding hydrogens is 418 g/mol. The molecule has 0 aliphatic carbocycles. The summed E-state index contributed by atoms with van der Waals surface area (Å²) in [5, 5.41) is 13.1. The molecule has 0 bridgehead atoms. The van der Waals surface area contributed by atoms with Gasteiger partial charge in [-0.1, -0.05) is 54.1 Å². The Labute approximate surface area is 188 Å². The maximum atomic E-state index is 12.5. The van der Waals surface area contributed by atoms with E-state index in [1.54, 1.807) is 0 Å². The molecule has 0 spiro atoms. The van der Waals surface area contributed by atoms with Crippen LogP contribution in [-0.2, 0) is 17.8 Å². The average Bonchev–Trinajstić information content (AvgIpc) is 3.13. The lowest BCUT2D eigenvalue weighted by Crippen LogP contribution is -2.32. The van der Waals surface area contributed by atoms with Gasteiger partial charge in [-0.05, 0) is 44.5 Å². The van der Waals surface area contributed by atoms with Crippen molar-refractivity contribution < 1.29 is 4.79 Å². The monoisotopic (exact) mass is 447 g/mol. The Kier molecular flexibility index (Phi) is 8.78. The maximum Gasteiger partial charge on any atom is 0.230 e. The highest BCUT2D eigenvalue weighted by atomic mass is 35.5. The number of piperidine rings is 1. The molecule has 2 aromatic rings. The van der Waals surface area contributed by atoms with Crippen LogP contribution in [0.3, 0.4) is 0 Å². The van der Waals surface area contributed by atoms with E-state index in [1.807, 2.05) is 37.3 Å². The maximum absolute atomic E-state index is 12.5. The van der Waals surface area contributed by atoms with E-state index < -0.39 is 0 Å². The molecule has 1 amide bonds. The summed E-state index contributed by atoms with van der Waals surface area (Å²) >= 11 is 7.63. The molecule has 0 radical (unpaired) electrons. The first-order valence-corrected chi connectivity index (χ1v) is 11.9. The van der Waals surface area contributed by atoms with Crippen molar-refractivity contribution in [3.8, 4) is 0 Å². The standard InChI is InChI=1S/C22H30ClN5OS/c1-3-12-28-20(11-15-27-13-7-4-8-14-27)25-26-22(28)30-16-21(29)24-17(2)18-9-5-6-10-19(18)23/h3,5-6,9-10,17H,1,4,7-8,11-16H2,2H3,(H,24,29). The van der Waals surface area contributed by atoms with E-state index in [0.29, 0.717) is 11.6 Å². The molecule has 1 aliphatic rings. The minimum atomic E-state index is -0.155. The Balaban J connectivity index is 1.55. The van der Waals surface area contributed by atoms with Gasteiger partial charge in [0.15, 0.2) is 5.16 Å². The van der Waals surface area contributed by atoms with Gasteiger partial charge in [0, 0.05) is 24.5 Å². The zero-order chi connectivity index (χ0) is 21.3. The van der Waals surface area contributed by atoms with Gasteiger partial charge in [0.1, 0.15) is 5.82 Å². The third kappa shape index (κ3) is 6.33. The van der Waals surface area contributed by atoms with E-state index in [9.17, 15) is 4.79 Å². The molecular formula is C22H30ClN5OS. The van der Waals surface area contributed by atoms with Crippen molar-refractivity contribution in [2.24, 2.45) is 0 Å². The van der Waals surface area contributed by atoms with E-state index in [4.69, 9.17) is 11.6 Å².